The summed E-state index contributed by atoms with van der Waals surface area (Å²) >= 11 is 0. The Labute approximate surface area is 180 Å². The van der Waals surface area contributed by atoms with Gasteiger partial charge in [-0.1, -0.05) is 78.9 Å². The number of urea groups is 1. The Hall–Kier alpha value is -4.12. The van der Waals surface area contributed by atoms with Crippen LogP contribution in [0.4, 0.5) is 4.79 Å². The number of carbonyl (C=O) groups excluding carboxylic acids is 2. The van der Waals surface area contributed by atoms with Gasteiger partial charge in [0.1, 0.15) is 5.70 Å². The molecule has 0 bridgehead atoms. The number of benzene rings is 3. The van der Waals surface area contributed by atoms with E-state index in [2.05, 4.69) is 28.1 Å². The highest BCUT2D eigenvalue weighted by atomic mass is 16.2. The van der Waals surface area contributed by atoms with Gasteiger partial charge in [0.15, 0.2) is 0 Å². The minimum Gasteiger partial charge on any atom is -0.342 e. The lowest BCUT2D eigenvalue weighted by molar-refractivity contribution is -0.123. The minimum atomic E-state index is -0.395. The summed E-state index contributed by atoms with van der Waals surface area (Å²) in [5.41, 5.74) is 4.38. The number of rotatable bonds is 5. The van der Waals surface area contributed by atoms with Crippen molar-refractivity contribution in [1.29, 1.82) is 0 Å². The second-order valence-electron chi connectivity index (χ2n) is 7.58. The molecule has 3 amide bonds. The van der Waals surface area contributed by atoms with Gasteiger partial charge >= 0.3 is 6.03 Å². The number of hydrogen-bond acceptors (Lipinski definition) is 2. The Bertz CT molecular complexity index is 1290. The summed E-state index contributed by atoms with van der Waals surface area (Å²) in [4.78, 5) is 26.6. The van der Waals surface area contributed by atoms with Gasteiger partial charge in [0.2, 0.25) is 0 Å². The highest BCUT2D eigenvalue weighted by molar-refractivity contribution is 6.14. The van der Waals surface area contributed by atoms with E-state index in [9.17, 15) is 9.59 Å². The number of nitrogens with one attached hydrogen (secondary N) is 1. The van der Waals surface area contributed by atoms with Gasteiger partial charge in [-0.25, -0.2) is 4.79 Å². The van der Waals surface area contributed by atoms with E-state index in [1.54, 1.807) is 6.08 Å². The van der Waals surface area contributed by atoms with Crippen molar-refractivity contribution in [2.75, 3.05) is 0 Å². The highest BCUT2D eigenvalue weighted by Gasteiger charge is 2.33. The van der Waals surface area contributed by atoms with E-state index in [0.717, 1.165) is 28.6 Å². The smallest absolute Gasteiger partial charge is 0.329 e. The van der Waals surface area contributed by atoms with Crippen molar-refractivity contribution < 1.29 is 9.59 Å². The van der Waals surface area contributed by atoms with Crippen molar-refractivity contribution in [3.8, 4) is 0 Å². The van der Waals surface area contributed by atoms with E-state index < -0.39 is 6.03 Å². The summed E-state index contributed by atoms with van der Waals surface area (Å²) in [7, 11) is 0. The molecule has 1 fully saturated rings. The molecule has 5 nitrogen and oxygen atoms in total. The van der Waals surface area contributed by atoms with E-state index in [0.29, 0.717) is 5.70 Å². The zero-order valence-electron chi connectivity index (χ0n) is 16.9. The standard InChI is InChI=1S/C26H21N3O2/c30-25-23(27-26(31)29(25)17-20-11-5-2-6-12-20)15-21-18-28(16-19-9-3-1-4-10-19)24-14-8-7-13-22(21)24/h1-15,18H,16-17H2,(H,27,31)/b23-15+. The molecule has 2 heterocycles. The maximum atomic E-state index is 12.9. The summed E-state index contributed by atoms with van der Waals surface area (Å²) in [6.45, 7) is 0.976. The van der Waals surface area contributed by atoms with Gasteiger partial charge < -0.3 is 9.88 Å². The first-order valence-electron chi connectivity index (χ1n) is 10.2. The molecule has 0 aliphatic carbocycles. The average Bonchev–Trinajstić information content (AvgIpc) is 3.27. The van der Waals surface area contributed by atoms with Crippen LogP contribution in [0.3, 0.4) is 0 Å². The molecule has 1 N–H and O–H groups in total. The zero-order chi connectivity index (χ0) is 21.2. The number of carbonyl (C=O) groups is 2. The first kappa shape index (κ1) is 18.9. The molecule has 0 unspecified atom stereocenters. The topological polar surface area (TPSA) is 54.3 Å². The lowest BCUT2D eigenvalue weighted by Gasteiger charge is -2.11. The molecule has 0 atom stereocenters. The molecule has 1 saturated heterocycles. The lowest BCUT2D eigenvalue weighted by atomic mass is 10.1. The molecular weight excluding hydrogens is 386 g/mol. The fourth-order valence-corrected chi connectivity index (χ4v) is 3.94. The van der Waals surface area contributed by atoms with Crippen LogP contribution in [0.25, 0.3) is 17.0 Å². The molecule has 1 aromatic heterocycles. The van der Waals surface area contributed by atoms with E-state index in [1.165, 1.54) is 10.5 Å². The molecule has 1 aliphatic rings. The zero-order valence-corrected chi connectivity index (χ0v) is 16.9. The van der Waals surface area contributed by atoms with Crippen LogP contribution in [0.5, 0.6) is 0 Å². The largest absolute Gasteiger partial charge is 0.342 e. The maximum Gasteiger partial charge on any atom is 0.329 e. The molecule has 152 valence electrons. The minimum absolute atomic E-state index is 0.249. The molecule has 5 heteroatoms. The van der Waals surface area contributed by atoms with Gasteiger partial charge in [-0.2, -0.15) is 0 Å². The molecule has 31 heavy (non-hydrogen) atoms. The second kappa shape index (κ2) is 7.95. The predicted molar refractivity (Wildman–Crippen MR) is 121 cm³/mol. The Morgan fingerprint density at radius 2 is 1.35 bits per heavy atom. The Kier molecular flexibility index (Phi) is 4.84. The maximum absolute atomic E-state index is 12.9. The van der Waals surface area contributed by atoms with E-state index >= 15 is 0 Å². The number of para-hydroxylation sites is 1. The third-order valence-corrected chi connectivity index (χ3v) is 5.46. The number of imide groups is 1. The summed E-state index contributed by atoms with van der Waals surface area (Å²) in [5.74, 6) is -0.311. The normalized spacial score (nSPS) is 15.1. The molecule has 0 spiro atoms. The lowest BCUT2D eigenvalue weighted by Crippen LogP contribution is -2.30. The molecule has 0 radical (unpaired) electrons. The fraction of sp³-hybridized carbons (Fsp3) is 0.0769. The molecular formula is C26H21N3O2. The van der Waals surface area contributed by atoms with Crippen molar-refractivity contribution in [3.63, 3.8) is 0 Å². The Morgan fingerprint density at radius 1 is 0.742 bits per heavy atom. The quantitative estimate of drug-likeness (QED) is 0.382. The van der Waals surface area contributed by atoms with E-state index in [4.69, 9.17) is 0 Å². The number of nitrogens with zero attached hydrogens (tertiary/aromatic N) is 2. The number of aromatic nitrogens is 1. The van der Waals surface area contributed by atoms with Crippen LogP contribution in [0.2, 0.25) is 0 Å². The first-order chi connectivity index (χ1) is 15.2. The number of hydrogen-bond donors (Lipinski definition) is 1. The van der Waals surface area contributed by atoms with Crippen molar-refractivity contribution in [2.45, 2.75) is 13.1 Å². The molecule has 5 rings (SSSR count). The van der Waals surface area contributed by atoms with Crippen molar-refractivity contribution in [2.24, 2.45) is 0 Å². The third kappa shape index (κ3) is 3.73. The van der Waals surface area contributed by atoms with Gasteiger partial charge in [-0.05, 0) is 23.3 Å². The molecule has 0 saturated carbocycles. The average molecular weight is 407 g/mol. The SMILES string of the molecule is O=C1N/C(=C/c2cn(Cc3ccccc3)c3ccccc23)C(=O)N1Cc1ccccc1. The van der Waals surface area contributed by atoms with Crippen LogP contribution in [0, 0.1) is 0 Å². The van der Waals surface area contributed by atoms with Crippen LogP contribution in [0.1, 0.15) is 16.7 Å². The molecule has 3 aromatic carbocycles. The second-order valence-corrected chi connectivity index (χ2v) is 7.58. The van der Waals surface area contributed by atoms with Gasteiger partial charge in [-0.15, -0.1) is 0 Å². The van der Waals surface area contributed by atoms with Gasteiger partial charge in [0, 0.05) is 29.2 Å². The summed E-state index contributed by atoms with van der Waals surface area (Å²) < 4.78 is 2.17. The van der Waals surface area contributed by atoms with Crippen molar-refractivity contribution >= 4 is 28.9 Å². The van der Waals surface area contributed by atoms with E-state index in [-0.39, 0.29) is 12.5 Å². The Morgan fingerprint density at radius 3 is 2.06 bits per heavy atom. The van der Waals surface area contributed by atoms with Gasteiger partial charge in [0.25, 0.3) is 5.91 Å². The number of fused-ring (bicyclic) bond motifs is 1. The number of amides is 3. The summed E-state index contributed by atoms with van der Waals surface area (Å²) in [6.07, 6.45) is 3.80. The third-order valence-electron chi connectivity index (χ3n) is 5.46. The van der Waals surface area contributed by atoms with Gasteiger partial charge in [0.05, 0.1) is 6.54 Å². The van der Waals surface area contributed by atoms with Crippen molar-refractivity contribution in [3.05, 3.63) is 114 Å². The molecule has 1 aliphatic heterocycles. The summed E-state index contributed by atoms with van der Waals surface area (Å²) in [5, 5.41) is 3.77. The Balaban J connectivity index is 1.47. The molecule has 4 aromatic rings. The van der Waals surface area contributed by atoms with Crippen molar-refractivity contribution in [1.82, 2.24) is 14.8 Å². The van der Waals surface area contributed by atoms with E-state index in [1.807, 2.05) is 72.9 Å². The predicted octanol–water partition coefficient (Wildman–Crippen LogP) is 4.78. The van der Waals surface area contributed by atoms with Crippen LogP contribution in [-0.4, -0.2) is 21.4 Å². The summed E-state index contributed by atoms with van der Waals surface area (Å²) in [6, 6.07) is 27.4. The van der Waals surface area contributed by atoms with Gasteiger partial charge in [-0.3, -0.25) is 9.69 Å². The van der Waals surface area contributed by atoms with Crippen LogP contribution in [0.15, 0.2) is 96.8 Å². The first-order valence-corrected chi connectivity index (χ1v) is 10.2. The van der Waals surface area contributed by atoms with Crippen LogP contribution in [-0.2, 0) is 17.9 Å². The van der Waals surface area contributed by atoms with Crippen LogP contribution < -0.4 is 5.32 Å². The fourth-order valence-electron chi connectivity index (χ4n) is 3.94. The van der Waals surface area contributed by atoms with Crippen LogP contribution >= 0.6 is 0 Å². The highest BCUT2D eigenvalue weighted by Crippen LogP contribution is 2.26. The monoisotopic (exact) mass is 407 g/mol.